The number of piperidine rings is 1. The molecular weight excluding hydrogens is 366 g/mol. The maximum atomic E-state index is 12.8. The van der Waals surface area contributed by atoms with Crippen LogP contribution in [-0.2, 0) is 0 Å². The van der Waals surface area contributed by atoms with Crippen molar-refractivity contribution in [3.8, 4) is 10.4 Å². The number of nitrogens with zero attached hydrogens (tertiary/aromatic N) is 2. The fourth-order valence-corrected chi connectivity index (χ4v) is 5.60. The number of aryl methyl sites for hydroxylation is 1. The third-order valence-corrected chi connectivity index (χ3v) is 7.60. The molecule has 4 rings (SSSR count). The van der Waals surface area contributed by atoms with Crippen molar-refractivity contribution in [1.82, 2.24) is 9.80 Å². The number of carbonyl (C=O) groups excluding carboxylic acids is 1. The van der Waals surface area contributed by atoms with Gasteiger partial charge in [0.15, 0.2) is 0 Å². The normalized spacial score (nSPS) is 21.4. The number of nitrogens with two attached hydrogens (primary N) is 1. The van der Waals surface area contributed by atoms with Gasteiger partial charge in [-0.15, -0.1) is 11.3 Å². The topological polar surface area (TPSA) is 49.6 Å². The van der Waals surface area contributed by atoms with E-state index in [4.69, 9.17) is 5.73 Å². The molecule has 2 aliphatic heterocycles. The predicted molar refractivity (Wildman–Crippen MR) is 117 cm³/mol. The minimum atomic E-state index is 0.125. The van der Waals surface area contributed by atoms with Crippen molar-refractivity contribution < 1.29 is 4.79 Å². The van der Waals surface area contributed by atoms with E-state index in [1.807, 2.05) is 11.8 Å². The number of likely N-dealkylation sites (tertiary alicyclic amines) is 2. The summed E-state index contributed by atoms with van der Waals surface area (Å²) in [7, 11) is 0. The Morgan fingerprint density at radius 2 is 1.86 bits per heavy atom. The Labute approximate surface area is 172 Å². The van der Waals surface area contributed by atoms with E-state index in [1.54, 1.807) is 11.3 Å². The van der Waals surface area contributed by atoms with E-state index < -0.39 is 0 Å². The number of benzene rings is 1. The molecule has 0 unspecified atom stereocenters. The highest BCUT2D eigenvalue weighted by molar-refractivity contribution is 7.17. The first-order valence-electron chi connectivity index (χ1n) is 10.5. The average Bonchev–Trinajstić information content (AvgIpc) is 3.33. The van der Waals surface area contributed by atoms with Gasteiger partial charge in [0.05, 0.1) is 4.88 Å². The number of carbonyl (C=O) groups is 1. The van der Waals surface area contributed by atoms with Crippen LogP contribution in [0.3, 0.4) is 0 Å². The predicted octanol–water partition coefficient (Wildman–Crippen LogP) is 4.10. The third-order valence-electron chi connectivity index (χ3n) is 6.33. The maximum Gasteiger partial charge on any atom is 0.264 e. The van der Waals surface area contributed by atoms with Gasteiger partial charge in [0, 0.05) is 24.0 Å². The van der Waals surface area contributed by atoms with Gasteiger partial charge in [-0.05, 0) is 74.5 Å². The molecule has 1 amide bonds. The molecule has 5 heteroatoms. The molecule has 1 aromatic carbocycles. The van der Waals surface area contributed by atoms with E-state index >= 15 is 0 Å². The van der Waals surface area contributed by atoms with Crippen LogP contribution >= 0.6 is 11.3 Å². The summed E-state index contributed by atoms with van der Waals surface area (Å²) in [5.41, 5.74) is 9.71. The van der Waals surface area contributed by atoms with Gasteiger partial charge in [-0.1, -0.05) is 31.2 Å². The minimum absolute atomic E-state index is 0.125. The Bertz CT molecular complexity index is 821. The lowest BCUT2D eigenvalue weighted by Gasteiger charge is -2.31. The van der Waals surface area contributed by atoms with Gasteiger partial charge in [-0.3, -0.25) is 4.79 Å². The Morgan fingerprint density at radius 3 is 2.46 bits per heavy atom. The highest BCUT2D eigenvalue weighted by Gasteiger charge is 2.27. The van der Waals surface area contributed by atoms with Crippen LogP contribution in [0.1, 0.15) is 52.9 Å². The highest BCUT2D eigenvalue weighted by Crippen LogP contribution is 2.34. The molecule has 2 aliphatic rings. The average molecular weight is 398 g/mol. The molecule has 2 saturated heterocycles. The van der Waals surface area contributed by atoms with E-state index in [2.05, 4.69) is 42.2 Å². The van der Waals surface area contributed by atoms with E-state index in [-0.39, 0.29) is 11.9 Å². The summed E-state index contributed by atoms with van der Waals surface area (Å²) in [5, 5.41) is 0. The zero-order chi connectivity index (χ0) is 19.7. The van der Waals surface area contributed by atoms with Crippen molar-refractivity contribution in [2.24, 2.45) is 5.73 Å². The zero-order valence-electron chi connectivity index (χ0n) is 17.0. The lowest BCUT2D eigenvalue weighted by Crippen LogP contribution is -2.32. The maximum absolute atomic E-state index is 12.8. The summed E-state index contributed by atoms with van der Waals surface area (Å²) >= 11 is 1.61. The monoisotopic (exact) mass is 397 g/mol. The summed E-state index contributed by atoms with van der Waals surface area (Å²) in [6.07, 6.45) is 3.41. The second-order valence-electron chi connectivity index (χ2n) is 8.25. The van der Waals surface area contributed by atoms with Crippen molar-refractivity contribution in [1.29, 1.82) is 0 Å². The summed E-state index contributed by atoms with van der Waals surface area (Å²) in [4.78, 5) is 19.3. The van der Waals surface area contributed by atoms with Gasteiger partial charge in [0.1, 0.15) is 0 Å². The molecule has 2 N–H and O–H groups in total. The van der Waals surface area contributed by atoms with E-state index in [0.717, 1.165) is 30.0 Å². The van der Waals surface area contributed by atoms with Crippen LogP contribution in [0.15, 0.2) is 30.3 Å². The van der Waals surface area contributed by atoms with E-state index in [1.165, 1.54) is 41.9 Å². The molecule has 0 bridgehead atoms. The van der Waals surface area contributed by atoms with Gasteiger partial charge in [0.25, 0.3) is 5.91 Å². The molecule has 28 heavy (non-hydrogen) atoms. The van der Waals surface area contributed by atoms with Crippen LogP contribution in [-0.4, -0.2) is 54.5 Å². The summed E-state index contributed by atoms with van der Waals surface area (Å²) < 4.78 is 0. The Morgan fingerprint density at radius 1 is 1.14 bits per heavy atom. The Hall–Kier alpha value is -1.69. The van der Waals surface area contributed by atoms with Crippen LogP contribution in [0.4, 0.5) is 0 Å². The standard InChI is InChI=1S/C23H31N3OS/c1-3-25-11-8-18(9-12-25)17-4-6-19(7-5-17)21-14-16(2)22(28-21)23(27)26-13-10-20(24)15-26/h4-7,14,18,20H,3,8-13,15,24H2,1-2H3/t20-/m0/s1. The Balaban J connectivity index is 1.47. The number of rotatable bonds is 4. The molecule has 0 aliphatic carbocycles. The van der Waals surface area contributed by atoms with Crippen LogP contribution in [0, 0.1) is 6.92 Å². The van der Waals surface area contributed by atoms with Gasteiger partial charge in [-0.2, -0.15) is 0 Å². The van der Waals surface area contributed by atoms with Crippen LogP contribution in [0.5, 0.6) is 0 Å². The van der Waals surface area contributed by atoms with Crippen LogP contribution in [0.25, 0.3) is 10.4 Å². The van der Waals surface area contributed by atoms with Gasteiger partial charge in [0.2, 0.25) is 0 Å². The first-order chi connectivity index (χ1) is 13.5. The SMILES string of the molecule is CCN1CCC(c2ccc(-c3cc(C)c(C(=O)N4CC[C@H](N)C4)s3)cc2)CC1. The third kappa shape index (κ3) is 4.02. The molecular formula is C23H31N3OS. The van der Waals surface area contributed by atoms with Crippen LogP contribution in [0.2, 0.25) is 0 Å². The largest absolute Gasteiger partial charge is 0.336 e. The highest BCUT2D eigenvalue weighted by atomic mass is 32.1. The lowest BCUT2D eigenvalue weighted by molar-refractivity contribution is 0.0795. The summed E-state index contributed by atoms with van der Waals surface area (Å²) in [5.74, 6) is 0.819. The van der Waals surface area contributed by atoms with E-state index in [9.17, 15) is 4.79 Å². The second-order valence-corrected chi connectivity index (χ2v) is 9.31. The molecule has 2 fully saturated rings. The fourth-order valence-electron chi connectivity index (χ4n) is 4.45. The smallest absolute Gasteiger partial charge is 0.264 e. The zero-order valence-corrected chi connectivity index (χ0v) is 17.8. The van der Waals surface area contributed by atoms with Crippen molar-refractivity contribution in [2.45, 2.75) is 45.1 Å². The molecule has 2 aromatic rings. The van der Waals surface area contributed by atoms with E-state index in [0.29, 0.717) is 12.5 Å². The molecule has 0 saturated carbocycles. The number of hydrogen-bond donors (Lipinski definition) is 1. The molecule has 0 radical (unpaired) electrons. The Kier molecular flexibility index (Phi) is 5.85. The number of thiophene rings is 1. The van der Waals surface area contributed by atoms with Crippen molar-refractivity contribution in [3.05, 3.63) is 46.3 Å². The lowest BCUT2D eigenvalue weighted by atomic mass is 9.89. The number of hydrogen-bond acceptors (Lipinski definition) is 4. The molecule has 150 valence electrons. The molecule has 3 heterocycles. The molecule has 1 atom stereocenters. The first-order valence-corrected chi connectivity index (χ1v) is 11.3. The first kappa shape index (κ1) is 19.6. The van der Waals surface area contributed by atoms with Crippen molar-refractivity contribution >= 4 is 17.2 Å². The second kappa shape index (κ2) is 8.36. The summed E-state index contributed by atoms with van der Waals surface area (Å²) in [6.45, 7) is 9.31. The van der Waals surface area contributed by atoms with Gasteiger partial charge in [-0.25, -0.2) is 0 Å². The quantitative estimate of drug-likeness (QED) is 0.845. The minimum Gasteiger partial charge on any atom is -0.336 e. The molecule has 1 aromatic heterocycles. The van der Waals surface area contributed by atoms with Crippen LogP contribution < -0.4 is 5.73 Å². The van der Waals surface area contributed by atoms with Gasteiger partial charge < -0.3 is 15.5 Å². The van der Waals surface area contributed by atoms with Gasteiger partial charge >= 0.3 is 0 Å². The van der Waals surface area contributed by atoms with Crippen molar-refractivity contribution in [2.75, 3.05) is 32.7 Å². The fraction of sp³-hybridized carbons (Fsp3) is 0.522. The molecule has 4 nitrogen and oxygen atoms in total. The molecule has 0 spiro atoms. The number of amides is 1. The van der Waals surface area contributed by atoms with Crippen molar-refractivity contribution in [3.63, 3.8) is 0 Å². The summed E-state index contributed by atoms with van der Waals surface area (Å²) in [6, 6.07) is 11.3.